The predicted octanol–water partition coefficient (Wildman–Crippen LogP) is 0.711. The molecule has 0 aromatic carbocycles. The van der Waals surface area contributed by atoms with Crippen LogP contribution in [-0.2, 0) is 21.4 Å². The molecule has 0 radical (unpaired) electrons. The number of carboxylic acid groups (broad SMARTS) is 1. The minimum Gasteiger partial charge on any atom is -0.481 e. The van der Waals surface area contributed by atoms with E-state index in [0.29, 0.717) is 4.60 Å². The van der Waals surface area contributed by atoms with Crippen molar-refractivity contribution in [3.05, 3.63) is 29.4 Å². The van der Waals surface area contributed by atoms with Gasteiger partial charge in [0.2, 0.25) is 0 Å². The summed E-state index contributed by atoms with van der Waals surface area (Å²) in [6.07, 6.45) is 4.85. The first kappa shape index (κ1) is 15.4. The van der Waals surface area contributed by atoms with E-state index < -0.39 is 16.0 Å². The Morgan fingerprint density at radius 2 is 2.10 bits per heavy atom. The van der Waals surface area contributed by atoms with Crippen molar-refractivity contribution in [2.75, 3.05) is 4.72 Å². The summed E-state index contributed by atoms with van der Waals surface area (Å²) in [4.78, 5) is 18.1. The van der Waals surface area contributed by atoms with Gasteiger partial charge >= 0.3 is 5.97 Å². The fourth-order valence-electron chi connectivity index (χ4n) is 1.38. The molecule has 2 rings (SSSR count). The highest BCUT2D eigenvalue weighted by Gasteiger charge is 2.17. The molecule has 0 aliphatic heterocycles. The third-order valence-corrected chi connectivity index (χ3v) is 4.05. The summed E-state index contributed by atoms with van der Waals surface area (Å²) < 4.78 is 28.1. The Kier molecular flexibility index (Phi) is 4.53. The number of rotatable bonds is 6. The van der Waals surface area contributed by atoms with Gasteiger partial charge in [-0.15, -0.1) is 0 Å². The van der Waals surface area contributed by atoms with Gasteiger partial charge in [-0.3, -0.25) is 14.2 Å². The molecule has 0 spiro atoms. The predicted molar refractivity (Wildman–Crippen MR) is 75.0 cm³/mol. The zero-order valence-corrected chi connectivity index (χ0v) is 12.9. The van der Waals surface area contributed by atoms with E-state index in [1.54, 1.807) is 0 Å². The van der Waals surface area contributed by atoms with Gasteiger partial charge in [-0.25, -0.2) is 18.4 Å². The molecule has 2 N–H and O–H groups in total. The lowest BCUT2D eigenvalue weighted by Gasteiger charge is -2.04. The van der Waals surface area contributed by atoms with Crippen molar-refractivity contribution < 1.29 is 18.3 Å². The van der Waals surface area contributed by atoms with E-state index in [1.807, 2.05) is 0 Å². The number of carboxylic acids is 1. The summed E-state index contributed by atoms with van der Waals surface area (Å²) in [7, 11) is -3.84. The second-order valence-corrected chi connectivity index (χ2v) is 6.41. The van der Waals surface area contributed by atoms with Crippen molar-refractivity contribution in [3.8, 4) is 0 Å². The minimum atomic E-state index is -3.84. The van der Waals surface area contributed by atoms with Gasteiger partial charge in [-0.1, -0.05) is 0 Å². The number of aromatic nitrogens is 4. The maximum atomic E-state index is 12.1. The molecule has 0 unspecified atom stereocenters. The first-order valence-corrected chi connectivity index (χ1v) is 7.89. The van der Waals surface area contributed by atoms with Crippen molar-refractivity contribution in [3.63, 3.8) is 0 Å². The molecule has 0 saturated heterocycles. The van der Waals surface area contributed by atoms with Crippen molar-refractivity contribution in [1.29, 1.82) is 0 Å². The molecule has 112 valence electrons. The fraction of sp³-hybridized carbons (Fsp3) is 0.200. The Morgan fingerprint density at radius 3 is 2.71 bits per heavy atom. The van der Waals surface area contributed by atoms with E-state index in [9.17, 15) is 13.2 Å². The van der Waals surface area contributed by atoms with Gasteiger partial charge < -0.3 is 5.11 Å². The van der Waals surface area contributed by atoms with E-state index in [2.05, 4.69) is 35.7 Å². The van der Waals surface area contributed by atoms with Gasteiger partial charge in [0.1, 0.15) is 9.50 Å². The topological polar surface area (TPSA) is 127 Å². The van der Waals surface area contributed by atoms with Crippen LogP contribution in [0.25, 0.3) is 0 Å². The van der Waals surface area contributed by atoms with Crippen LogP contribution in [0.3, 0.4) is 0 Å². The van der Waals surface area contributed by atoms with Gasteiger partial charge in [0, 0.05) is 6.20 Å². The molecular formula is C10H10BrN5O4S. The molecule has 0 aliphatic carbocycles. The van der Waals surface area contributed by atoms with Crippen LogP contribution >= 0.6 is 15.9 Å². The Bertz CT molecular complexity index is 743. The molecule has 0 atom stereocenters. The number of nitrogens with zero attached hydrogens (tertiary/aromatic N) is 4. The summed E-state index contributed by atoms with van der Waals surface area (Å²) in [5.74, 6) is -0.922. The molecule has 2 aromatic rings. The highest BCUT2D eigenvalue weighted by atomic mass is 79.9. The molecule has 21 heavy (non-hydrogen) atoms. The van der Waals surface area contributed by atoms with Gasteiger partial charge in [-0.05, 0) is 15.9 Å². The molecule has 0 bridgehead atoms. The highest BCUT2D eigenvalue weighted by Crippen LogP contribution is 2.14. The lowest BCUT2D eigenvalue weighted by Crippen LogP contribution is -2.13. The first-order valence-electron chi connectivity index (χ1n) is 5.61. The summed E-state index contributed by atoms with van der Waals surface area (Å²) in [5.41, 5.74) is 0. The van der Waals surface area contributed by atoms with E-state index in [1.165, 1.54) is 23.3 Å². The van der Waals surface area contributed by atoms with E-state index in [4.69, 9.17) is 5.11 Å². The number of sulfonamides is 1. The SMILES string of the molecule is O=C(O)CCn1cc(S(=O)(=O)Nc2cnc(Br)cn2)cn1. The van der Waals surface area contributed by atoms with Crippen LogP contribution in [0.4, 0.5) is 5.82 Å². The molecule has 0 saturated carbocycles. The molecule has 2 aromatic heterocycles. The van der Waals surface area contributed by atoms with Crippen LogP contribution in [-0.4, -0.2) is 39.2 Å². The quantitative estimate of drug-likeness (QED) is 0.760. The number of carbonyl (C=O) groups is 1. The fourth-order valence-corrected chi connectivity index (χ4v) is 2.53. The molecule has 11 heteroatoms. The van der Waals surface area contributed by atoms with Gasteiger partial charge in [0.15, 0.2) is 5.82 Å². The Hall–Kier alpha value is -2.01. The largest absolute Gasteiger partial charge is 0.481 e. The van der Waals surface area contributed by atoms with E-state index >= 15 is 0 Å². The molecule has 9 nitrogen and oxygen atoms in total. The standard InChI is InChI=1S/C10H10BrN5O4S/c11-8-4-13-9(5-12-8)15-21(19,20)7-3-14-16(6-7)2-1-10(17)18/h3-6H,1-2H2,(H,13,15)(H,17,18). The number of nitrogens with one attached hydrogen (secondary N) is 1. The van der Waals surface area contributed by atoms with Gasteiger partial charge in [0.25, 0.3) is 10.0 Å². The third-order valence-electron chi connectivity index (χ3n) is 2.33. The zero-order chi connectivity index (χ0) is 15.5. The monoisotopic (exact) mass is 375 g/mol. The number of hydrogen-bond acceptors (Lipinski definition) is 6. The molecular weight excluding hydrogens is 366 g/mol. The number of halogens is 1. The number of hydrogen-bond donors (Lipinski definition) is 2. The summed E-state index contributed by atoms with van der Waals surface area (Å²) in [5, 5.41) is 12.4. The molecule has 0 amide bonds. The lowest BCUT2D eigenvalue weighted by atomic mass is 10.4. The van der Waals surface area contributed by atoms with Crippen molar-refractivity contribution in [2.24, 2.45) is 0 Å². The van der Waals surface area contributed by atoms with Crippen LogP contribution in [0.15, 0.2) is 34.3 Å². The Morgan fingerprint density at radius 1 is 1.33 bits per heavy atom. The zero-order valence-electron chi connectivity index (χ0n) is 10.5. The van der Waals surface area contributed by atoms with Crippen molar-refractivity contribution >= 4 is 37.7 Å². The Balaban J connectivity index is 2.12. The highest BCUT2D eigenvalue weighted by molar-refractivity contribution is 9.10. The smallest absolute Gasteiger partial charge is 0.305 e. The summed E-state index contributed by atoms with van der Waals surface area (Å²) in [6, 6.07) is 0. The summed E-state index contributed by atoms with van der Waals surface area (Å²) in [6.45, 7) is 0.0863. The van der Waals surface area contributed by atoms with E-state index in [0.717, 1.165) is 6.20 Å². The van der Waals surface area contributed by atoms with Crippen LogP contribution in [0, 0.1) is 0 Å². The molecule has 0 fully saturated rings. The maximum absolute atomic E-state index is 12.1. The average Bonchev–Trinajstić information content (AvgIpc) is 2.88. The average molecular weight is 376 g/mol. The first-order chi connectivity index (χ1) is 9.87. The number of anilines is 1. The normalized spacial score (nSPS) is 11.3. The molecule has 0 aliphatic rings. The summed E-state index contributed by atoms with van der Waals surface area (Å²) >= 11 is 3.09. The minimum absolute atomic E-state index is 0.0662. The van der Waals surface area contributed by atoms with Crippen LogP contribution in [0.5, 0.6) is 0 Å². The van der Waals surface area contributed by atoms with Crippen molar-refractivity contribution in [1.82, 2.24) is 19.7 Å². The van der Waals surface area contributed by atoms with Crippen LogP contribution in [0.2, 0.25) is 0 Å². The number of aryl methyl sites for hydroxylation is 1. The second kappa shape index (κ2) is 6.18. The van der Waals surface area contributed by atoms with Crippen LogP contribution < -0.4 is 4.72 Å². The maximum Gasteiger partial charge on any atom is 0.305 e. The van der Waals surface area contributed by atoms with Crippen molar-refractivity contribution in [2.45, 2.75) is 17.9 Å². The molecule has 2 heterocycles. The van der Waals surface area contributed by atoms with Gasteiger partial charge in [0.05, 0.1) is 31.6 Å². The lowest BCUT2D eigenvalue weighted by molar-refractivity contribution is -0.137. The van der Waals surface area contributed by atoms with E-state index in [-0.39, 0.29) is 23.7 Å². The third kappa shape index (κ3) is 4.23. The number of aliphatic carboxylic acids is 1. The second-order valence-electron chi connectivity index (χ2n) is 3.91. The van der Waals surface area contributed by atoms with Crippen LogP contribution in [0.1, 0.15) is 6.42 Å². The van der Waals surface area contributed by atoms with Gasteiger partial charge in [-0.2, -0.15) is 5.10 Å². The Labute approximate surface area is 128 Å².